The number of carbonyl (C=O) groups excluding carboxylic acids is 1. The fourth-order valence-electron chi connectivity index (χ4n) is 1.81. The number of hydrogen-bond donors (Lipinski definition) is 1. The van der Waals surface area contributed by atoms with Crippen molar-refractivity contribution in [2.45, 2.75) is 27.3 Å². The zero-order chi connectivity index (χ0) is 14.5. The molecular weight excluding hydrogens is 238 g/mol. The molecule has 0 unspecified atom stereocenters. The zero-order valence-corrected chi connectivity index (χ0v) is 12.0. The van der Waals surface area contributed by atoms with Crippen LogP contribution in [0, 0.1) is 17.3 Å². The Morgan fingerprint density at radius 2 is 2.05 bits per heavy atom. The summed E-state index contributed by atoms with van der Waals surface area (Å²) in [6.45, 7) is 6.15. The van der Waals surface area contributed by atoms with E-state index in [1.165, 1.54) is 0 Å². The summed E-state index contributed by atoms with van der Waals surface area (Å²) in [4.78, 5) is 13.8. The summed E-state index contributed by atoms with van der Waals surface area (Å²) >= 11 is 0. The summed E-state index contributed by atoms with van der Waals surface area (Å²) in [5.41, 5.74) is 1.51. The van der Waals surface area contributed by atoms with E-state index in [2.05, 4.69) is 11.8 Å². The Morgan fingerprint density at radius 1 is 1.37 bits per heavy atom. The normalized spacial score (nSPS) is 10.6. The minimum atomic E-state index is -0.372. The van der Waals surface area contributed by atoms with Gasteiger partial charge in [0.2, 0.25) is 5.91 Å². The molecule has 3 nitrogen and oxygen atoms in total. The fourth-order valence-corrected chi connectivity index (χ4v) is 1.81. The Bertz CT molecular complexity index is 503. The first-order chi connectivity index (χ1) is 8.84. The van der Waals surface area contributed by atoms with Gasteiger partial charge in [-0.25, -0.2) is 0 Å². The van der Waals surface area contributed by atoms with Gasteiger partial charge in [-0.05, 0) is 17.7 Å². The molecule has 0 aliphatic carbocycles. The minimum absolute atomic E-state index is 0.111. The lowest BCUT2D eigenvalue weighted by Crippen LogP contribution is -2.36. The van der Waals surface area contributed by atoms with Crippen LogP contribution < -0.4 is 0 Å². The summed E-state index contributed by atoms with van der Waals surface area (Å²) in [6.07, 6.45) is 0. The van der Waals surface area contributed by atoms with Crippen LogP contribution in [0.1, 0.15) is 31.9 Å². The SMILES string of the molecule is CN(Cc1cccc(C#CCO)c1)C(=O)C(C)(C)C. The third-order valence-corrected chi connectivity index (χ3v) is 2.65. The Labute approximate surface area is 115 Å². The molecule has 1 aromatic carbocycles. The zero-order valence-electron chi connectivity index (χ0n) is 12.0. The number of benzene rings is 1. The smallest absolute Gasteiger partial charge is 0.227 e. The molecule has 0 heterocycles. The molecule has 0 saturated carbocycles. The van der Waals surface area contributed by atoms with E-state index in [4.69, 9.17) is 5.11 Å². The average molecular weight is 259 g/mol. The van der Waals surface area contributed by atoms with E-state index in [-0.39, 0.29) is 17.9 Å². The molecule has 0 aliphatic rings. The molecule has 1 amide bonds. The van der Waals surface area contributed by atoms with E-state index < -0.39 is 0 Å². The van der Waals surface area contributed by atoms with E-state index in [0.29, 0.717) is 6.54 Å². The Balaban J connectivity index is 2.80. The maximum absolute atomic E-state index is 12.1. The van der Waals surface area contributed by atoms with Gasteiger partial charge in [0.15, 0.2) is 0 Å². The predicted octanol–water partition coefficient (Wildman–Crippen LogP) is 2.03. The number of rotatable bonds is 2. The van der Waals surface area contributed by atoms with Crippen LogP contribution in [0.2, 0.25) is 0 Å². The Hall–Kier alpha value is -1.79. The lowest BCUT2D eigenvalue weighted by atomic mass is 9.94. The topological polar surface area (TPSA) is 40.5 Å². The third-order valence-electron chi connectivity index (χ3n) is 2.65. The largest absolute Gasteiger partial charge is 0.384 e. The summed E-state index contributed by atoms with van der Waals surface area (Å²) in [7, 11) is 1.81. The maximum atomic E-state index is 12.1. The van der Waals surface area contributed by atoms with Crippen LogP contribution in [-0.2, 0) is 11.3 Å². The van der Waals surface area contributed by atoms with E-state index >= 15 is 0 Å². The molecule has 1 aromatic rings. The van der Waals surface area contributed by atoms with E-state index in [1.807, 2.05) is 45.0 Å². The molecule has 1 rings (SSSR count). The summed E-state index contributed by atoms with van der Waals surface area (Å²) in [5, 5.41) is 8.68. The number of amides is 1. The third kappa shape index (κ3) is 4.76. The number of nitrogens with zero attached hydrogens (tertiary/aromatic N) is 1. The molecule has 0 fully saturated rings. The number of hydrogen-bond acceptors (Lipinski definition) is 2. The van der Waals surface area contributed by atoms with Crippen LogP contribution in [0.5, 0.6) is 0 Å². The molecule has 0 saturated heterocycles. The van der Waals surface area contributed by atoms with Crippen LogP contribution in [0.25, 0.3) is 0 Å². The molecule has 0 atom stereocenters. The van der Waals surface area contributed by atoms with Crippen LogP contribution in [0.4, 0.5) is 0 Å². The van der Waals surface area contributed by atoms with Crippen molar-refractivity contribution in [3.63, 3.8) is 0 Å². The Kier molecular flexibility index (Phi) is 5.14. The molecule has 1 N–H and O–H groups in total. The van der Waals surface area contributed by atoms with Crippen molar-refractivity contribution >= 4 is 5.91 Å². The van der Waals surface area contributed by atoms with Crippen LogP contribution >= 0.6 is 0 Å². The highest BCUT2D eigenvalue weighted by molar-refractivity contribution is 5.81. The van der Waals surface area contributed by atoms with Gasteiger partial charge < -0.3 is 10.0 Å². The first-order valence-electron chi connectivity index (χ1n) is 6.29. The van der Waals surface area contributed by atoms with E-state index in [9.17, 15) is 4.79 Å². The van der Waals surface area contributed by atoms with Crippen LogP contribution in [-0.4, -0.2) is 29.6 Å². The van der Waals surface area contributed by atoms with Gasteiger partial charge in [0.05, 0.1) is 0 Å². The van der Waals surface area contributed by atoms with Gasteiger partial charge in [-0.1, -0.05) is 44.7 Å². The monoisotopic (exact) mass is 259 g/mol. The van der Waals surface area contributed by atoms with Crippen molar-refractivity contribution < 1.29 is 9.90 Å². The molecule has 0 bridgehead atoms. The van der Waals surface area contributed by atoms with Gasteiger partial charge in [0.25, 0.3) is 0 Å². The summed E-state index contributed by atoms with van der Waals surface area (Å²) in [5.74, 6) is 5.59. The average Bonchev–Trinajstić information content (AvgIpc) is 2.34. The van der Waals surface area contributed by atoms with E-state index in [1.54, 1.807) is 11.9 Å². The minimum Gasteiger partial charge on any atom is -0.384 e. The van der Waals surface area contributed by atoms with Crippen molar-refractivity contribution in [2.75, 3.05) is 13.7 Å². The van der Waals surface area contributed by atoms with Gasteiger partial charge in [0, 0.05) is 24.6 Å². The van der Waals surface area contributed by atoms with Gasteiger partial charge in [0.1, 0.15) is 6.61 Å². The highest BCUT2D eigenvalue weighted by atomic mass is 16.2. The lowest BCUT2D eigenvalue weighted by Gasteiger charge is -2.26. The first-order valence-corrected chi connectivity index (χ1v) is 6.29. The molecule has 0 aliphatic heterocycles. The number of aliphatic hydroxyl groups excluding tert-OH is 1. The van der Waals surface area contributed by atoms with Gasteiger partial charge in [-0.2, -0.15) is 0 Å². The standard InChI is InChI=1S/C16H21NO2/c1-16(2,3)15(19)17(4)12-14-8-5-7-13(11-14)9-6-10-18/h5,7-8,11,18H,10,12H2,1-4H3. The van der Waals surface area contributed by atoms with Crippen molar-refractivity contribution in [3.05, 3.63) is 35.4 Å². The first kappa shape index (κ1) is 15.3. The molecule has 0 radical (unpaired) electrons. The number of aliphatic hydroxyl groups is 1. The second kappa shape index (κ2) is 6.40. The van der Waals surface area contributed by atoms with Crippen molar-refractivity contribution in [3.8, 4) is 11.8 Å². The highest BCUT2D eigenvalue weighted by Crippen LogP contribution is 2.18. The van der Waals surface area contributed by atoms with Gasteiger partial charge >= 0.3 is 0 Å². The van der Waals surface area contributed by atoms with Gasteiger partial charge in [-0.15, -0.1) is 0 Å². The predicted molar refractivity (Wildman–Crippen MR) is 76.3 cm³/mol. The maximum Gasteiger partial charge on any atom is 0.227 e. The summed E-state index contributed by atoms with van der Waals surface area (Å²) in [6, 6.07) is 7.70. The number of carbonyl (C=O) groups is 1. The lowest BCUT2D eigenvalue weighted by molar-refractivity contribution is -0.138. The van der Waals surface area contributed by atoms with Crippen molar-refractivity contribution in [1.29, 1.82) is 0 Å². The second-order valence-electron chi connectivity index (χ2n) is 5.57. The molecule has 3 heteroatoms. The fraction of sp³-hybridized carbons (Fsp3) is 0.438. The van der Waals surface area contributed by atoms with Crippen LogP contribution in [0.15, 0.2) is 24.3 Å². The van der Waals surface area contributed by atoms with Crippen molar-refractivity contribution in [2.24, 2.45) is 5.41 Å². The molecule has 102 valence electrons. The summed E-state index contributed by atoms with van der Waals surface area (Å²) < 4.78 is 0. The van der Waals surface area contributed by atoms with Crippen molar-refractivity contribution in [1.82, 2.24) is 4.90 Å². The quantitative estimate of drug-likeness (QED) is 0.826. The van der Waals surface area contributed by atoms with E-state index in [0.717, 1.165) is 11.1 Å². The highest BCUT2D eigenvalue weighted by Gasteiger charge is 2.24. The Morgan fingerprint density at radius 3 is 2.63 bits per heavy atom. The van der Waals surface area contributed by atoms with Gasteiger partial charge in [-0.3, -0.25) is 4.79 Å². The molecule has 19 heavy (non-hydrogen) atoms. The second-order valence-corrected chi connectivity index (χ2v) is 5.57. The van der Waals surface area contributed by atoms with Crippen LogP contribution in [0.3, 0.4) is 0 Å². The molecule has 0 spiro atoms. The molecule has 0 aromatic heterocycles. The molecular formula is C16H21NO2.